The molecule has 4 nitrogen and oxygen atoms in total. The first-order valence-electron chi connectivity index (χ1n) is 7.91. The molecule has 128 valence electrons. The monoisotopic (exact) mass is 345 g/mol. The van der Waals surface area contributed by atoms with E-state index in [0.717, 1.165) is 22.0 Å². The van der Waals surface area contributed by atoms with Gasteiger partial charge in [-0.3, -0.25) is 4.79 Å². The molecule has 5 heteroatoms. The number of rotatable bonds is 8. The molecule has 1 amide bonds. The van der Waals surface area contributed by atoms with Crippen LogP contribution >= 0.6 is 11.8 Å². The highest BCUT2D eigenvalue weighted by atomic mass is 32.2. The van der Waals surface area contributed by atoms with Crippen LogP contribution in [0, 0.1) is 0 Å². The summed E-state index contributed by atoms with van der Waals surface area (Å²) in [5.41, 5.74) is 1.06. The van der Waals surface area contributed by atoms with Gasteiger partial charge in [-0.05, 0) is 55.8 Å². The van der Waals surface area contributed by atoms with E-state index < -0.39 is 0 Å². The third-order valence-corrected chi connectivity index (χ3v) is 4.51. The molecule has 0 aliphatic heterocycles. The number of methoxy groups -OCH3 is 1. The lowest BCUT2D eigenvalue weighted by atomic mass is 10.1. The molecule has 0 saturated carbocycles. The number of thioether (sulfide) groups is 1. The molecule has 0 aliphatic rings. The first-order chi connectivity index (χ1) is 11.6. The SMILES string of the molecule is CCOc1ccc([C@@H](C)NC(=O)CSc2ccc(OC)cc2)cc1. The smallest absolute Gasteiger partial charge is 0.230 e. The third kappa shape index (κ3) is 5.49. The Hall–Kier alpha value is -2.14. The summed E-state index contributed by atoms with van der Waals surface area (Å²) >= 11 is 1.51. The molecule has 1 atom stereocenters. The molecule has 2 rings (SSSR count). The average molecular weight is 345 g/mol. The van der Waals surface area contributed by atoms with Crippen molar-refractivity contribution in [2.45, 2.75) is 24.8 Å². The van der Waals surface area contributed by atoms with Gasteiger partial charge in [0.15, 0.2) is 0 Å². The van der Waals surface area contributed by atoms with Gasteiger partial charge >= 0.3 is 0 Å². The van der Waals surface area contributed by atoms with Crippen LogP contribution in [0.1, 0.15) is 25.5 Å². The Morgan fingerprint density at radius 1 is 1.08 bits per heavy atom. The molecule has 24 heavy (non-hydrogen) atoms. The van der Waals surface area contributed by atoms with Gasteiger partial charge in [-0.25, -0.2) is 0 Å². The molecule has 0 radical (unpaired) electrons. The summed E-state index contributed by atoms with van der Waals surface area (Å²) in [5, 5.41) is 3.02. The molecule has 0 saturated heterocycles. The van der Waals surface area contributed by atoms with E-state index in [-0.39, 0.29) is 11.9 Å². The van der Waals surface area contributed by atoms with E-state index in [1.165, 1.54) is 11.8 Å². The summed E-state index contributed by atoms with van der Waals surface area (Å²) in [7, 11) is 1.64. The molecule has 0 unspecified atom stereocenters. The second-order valence-electron chi connectivity index (χ2n) is 5.26. The fourth-order valence-electron chi connectivity index (χ4n) is 2.21. The van der Waals surface area contributed by atoms with Crippen LogP contribution in [0.3, 0.4) is 0 Å². The van der Waals surface area contributed by atoms with Crippen LogP contribution in [0.25, 0.3) is 0 Å². The predicted octanol–water partition coefficient (Wildman–Crippen LogP) is 4.06. The van der Waals surface area contributed by atoms with Crippen molar-refractivity contribution >= 4 is 17.7 Å². The van der Waals surface area contributed by atoms with Gasteiger partial charge < -0.3 is 14.8 Å². The van der Waals surface area contributed by atoms with Crippen molar-refractivity contribution in [3.8, 4) is 11.5 Å². The average Bonchev–Trinajstić information content (AvgIpc) is 2.61. The zero-order valence-electron chi connectivity index (χ0n) is 14.2. The quantitative estimate of drug-likeness (QED) is 0.733. The van der Waals surface area contributed by atoms with Crippen molar-refractivity contribution in [3.05, 3.63) is 54.1 Å². The number of amides is 1. The molecule has 0 heterocycles. The van der Waals surface area contributed by atoms with Crippen molar-refractivity contribution in [1.29, 1.82) is 0 Å². The number of hydrogen-bond acceptors (Lipinski definition) is 4. The van der Waals surface area contributed by atoms with Crippen LogP contribution < -0.4 is 14.8 Å². The molecule has 2 aromatic rings. The minimum Gasteiger partial charge on any atom is -0.497 e. The second-order valence-corrected chi connectivity index (χ2v) is 6.30. The molecular formula is C19H23NO3S. The van der Waals surface area contributed by atoms with Crippen molar-refractivity contribution in [3.63, 3.8) is 0 Å². The lowest BCUT2D eigenvalue weighted by molar-refractivity contribution is -0.119. The lowest BCUT2D eigenvalue weighted by Gasteiger charge is -2.15. The molecule has 0 aliphatic carbocycles. The summed E-state index contributed by atoms with van der Waals surface area (Å²) in [4.78, 5) is 13.2. The molecule has 0 fully saturated rings. The Morgan fingerprint density at radius 2 is 1.71 bits per heavy atom. The molecule has 0 bridgehead atoms. The lowest BCUT2D eigenvalue weighted by Crippen LogP contribution is -2.28. The van der Waals surface area contributed by atoms with Crippen LogP contribution in [0.4, 0.5) is 0 Å². The van der Waals surface area contributed by atoms with Crippen molar-refractivity contribution < 1.29 is 14.3 Å². The van der Waals surface area contributed by atoms with Gasteiger partial charge in [0.05, 0.1) is 25.5 Å². The normalized spacial score (nSPS) is 11.6. The number of carbonyl (C=O) groups is 1. The fraction of sp³-hybridized carbons (Fsp3) is 0.316. The number of carbonyl (C=O) groups excluding carboxylic acids is 1. The molecule has 0 aromatic heterocycles. The number of nitrogens with one attached hydrogen (secondary N) is 1. The van der Waals surface area contributed by atoms with Crippen LogP contribution in [0.2, 0.25) is 0 Å². The largest absolute Gasteiger partial charge is 0.497 e. The van der Waals surface area contributed by atoms with Gasteiger partial charge in [0.25, 0.3) is 0 Å². The maximum atomic E-state index is 12.1. The Morgan fingerprint density at radius 3 is 2.29 bits per heavy atom. The summed E-state index contributed by atoms with van der Waals surface area (Å²) in [6.45, 7) is 4.58. The topological polar surface area (TPSA) is 47.6 Å². The molecular weight excluding hydrogens is 322 g/mol. The zero-order chi connectivity index (χ0) is 17.4. The van der Waals surface area contributed by atoms with E-state index in [1.807, 2.05) is 62.4 Å². The molecule has 1 N–H and O–H groups in total. The van der Waals surface area contributed by atoms with Gasteiger partial charge in [-0.15, -0.1) is 11.8 Å². The van der Waals surface area contributed by atoms with Gasteiger partial charge in [0.1, 0.15) is 11.5 Å². The maximum Gasteiger partial charge on any atom is 0.230 e. The van der Waals surface area contributed by atoms with E-state index >= 15 is 0 Å². The highest BCUT2D eigenvalue weighted by Crippen LogP contribution is 2.22. The highest BCUT2D eigenvalue weighted by Gasteiger charge is 2.10. The number of hydrogen-bond donors (Lipinski definition) is 1. The summed E-state index contributed by atoms with van der Waals surface area (Å²) in [6.07, 6.45) is 0. The van der Waals surface area contributed by atoms with Crippen LogP contribution in [0.5, 0.6) is 11.5 Å². The van der Waals surface area contributed by atoms with Gasteiger partial charge in [-0.2, -0.15) is 0 Å². The van der Waals surface area contributed by atoms with Gasteiger partial charge in [-0.1, -0.05) is 12.1 Å². The van der Waals surface area contributed by atoms with Gasteiger partial charge in [0, 0.05) is 4.90 Å². The van der Waals surface area contributed by atoms with E-state index in [1.54, 1.807) is 7.11 Å². The van der Waals surface area contributed by atoms with E-state index in [4.69, 9.17) is 9.47 Å². The summed E-state index contributed by atoms with van der Waals surface area (Å²) in [6, 6.07) is 15.5. The standard InChI is InChI=1S/C19H23NO3S/c1-4-23-17-7-5-15(6-8-17)14(2)20-19(21)13-24-18-11-9-16(22-3)10-12-18/h5-12,14H,4,13H2,1-3H3,(H,20,21)/t14-/m1/s1. The van der Waals surface area contributed by atoms with Crippen molar-refractivity contribution in [2.75, 3.05) is 19.5 Å². The molecule has 2 aromatic carbocycles. The zero-order valence-corrected chi connectivity index (χ0v) is 15.1. The third-order valence-electron chi connectivity index (χ3n) is 3.50. The Labute approximate surface area is 147 Å². The first-order valence-corrected chi connectivity index (χ1v) is 8.90. The van der Waals surface area contributed by atoms with Gasteiger partial charge in [0.2, 0.25) is 5.91 Å². The van der Waals surface area contributed by atoms with Crippen molar-refractivity contribution in [2.24, 2.45) is 0 Å². The van der Waals surface area contributed by atoms with E-state index in [0.29, 0.717) is 12.4 Å². The Kier molecular flexibility index (Phi) is 7.00. The Balaban J connectivity index is 1.82. The van der Waals surface area contributed by atoms with E-state index in [2.05, 4.69) is 5.32 Å². The van der Waals surface area contributed by atoms with Crippen molar-refractivity contribution in [1.82, 2.24) is 5.32 Å². The number of benzene rings is 2. The highest BCUT2D eigenvalue weighted by molar-refractivity contribution is 8.00. The number of ether oxygens (including phenoxy) is 2. The minimum atomic E-state index is -0.0374. The first kappa shape index (κ1) is 18.2. The predicted molar refractivity (Wildman–Crippen MR) is 97.9 cm³/mol. The fourth-order valence-corrected chi connectivity index (χ4v) is 2.92. The summed E-state index contributed by atoms with van der Waals surface area (Å²) < 4.78 is 10.5. The Bertz CT molecular complexity index is 641. The minimum absolute atomic E-state index is 0.0113. The summed E-state index contributed by atoms with van der Waals surface area (Å²) in [5.74, 6) is 2.05. The van der Waals surface area contributed by atoms with Crippen LogP contribution in [0.15, 0.2) is 53.4 Å². The van der Waals surface area contributed by atoms with Crippen LogP contribution in [-0.4, -0.2) is 25.4 Å². The second kappa shape index (κ2) is 9.23. The van der Waals surface area contributed by atoms with Crippen LogP contribution in [-0.2, 0) is 4.79 Å². The van der Waals surface area contributed by atoms with E-state index in [9.17, 15) is 4.79 Å². The molecule has 0 spiro atoms. The maximum absolute atomic E-state index is 12.1.